The van der Waals surface area contributed by atoms with Crippen molar-refractivity contribution in [2.75, 3.05) is 7.11 Å². The van der Waals surface area contributed by atoms with Crippen molar-refractivity contribution >= 4 is 38.9 Å². The SMILES string of the molecule is COC(=O)[C@H](Cc1ccccc1)NS(=O)(=O)c1ccc(CC2SC(=O)NC2=O)cc1. The highest BCUT2D eigenvalue weighted by molar-refractivity contribution is 8.15. The van der Waals surface area contributed by atoms with E-state index in [2.05, 4.69) is 10.0 Å². The van der Waals surface area contributed by atoms with Gasteiger partial charge >= 0.3 is 5.97 Å². The topological polar surface area (TPSA) is 119 Å². The van der Waals surface area contributed by atoms with Gasteiger partial charge in [-0.1, -0.05) is 54.2 Å². The van der Waals surface area contributed by atoms with E-state index in [1.54, 1.807) is 36.4 Å². The van der Waals surface area contributed by atoms with E-state index in [4.69, 9.17) is 4.74 Å². The van der Waals surface area contributed by atoms with Crippen molar-refractivity contribution in [1.29, 1.82) is 0 Å². The number of hydrogen-bond acceptors (Lipinski definition) is 7. The molecule has 3 rings (SSSR count). The minimum Gasteiger partial charge on any atom is -0.468 e. The van der Waals surface area contributed by atoms with Gasteiger partial charge in [0.2, 0.25) is 15.9 Å². The lowest BCUT2D eigenvalue weighted by Crippen LogP contribution is -2.42. The maximum absolute atomic E-state index is 12.8. The standard InChI is InChI=1S/C20H20N2O6S2/c1-28-19(24)16(11-13-5-3-2-4-6-13)22-30(26,27)15-9-7-14(8-10-15)12-17-18(23)21-20(25)29-17/h2-10,16-17,22H,11-12H2,1H3,(H,21,23,25)/t16-,17?/m0/s1. The zero-order valence-corrected chi connectivity index (χ0v) is 17.7. The first kappa shape index (κ1) is 22.0. The number of hydrogen-bond donors (Lipinski definition) is 2. The van der Waals surface area contributed by atoms with Crippen LogP contribution in [0.25, 0.3) is 0 Å². The molecule has 2 N–H and O–H groups in total. The number of rotatable bonds is 8. The van der Waals surface area contributed by atoms with Gasteiger partial charge in [0.1, 0.15) is 6.04 Å². The lowest BCUT2D eigenvalue weighted by molar-refractivity contribution is -0.142. The number of sulfonamides is 1. The molecule has 1 unspecified atom stereocenters. The Morgan fingerprint density at radius 2 is 1.77 bits per heavy atom. The Hall–Kier alpha value is -2.69. The van der Waals surface area contributed by atoms with Crippen molar-refractivity contribution in [2.24, 2.45) is 0 Å². The third kappa shape index (κ3) is 5.47. The van der Waals surface area contributed by atoms with Gasteiger partial charge in [0.15, 0.2) is 0 Å². The molecule has 2 amide bonds. The molecular formula is C20H20N2O6S2. The summed E-state index contributed by atoms with van der Waals surface area (Å²) in [6.07, 6.45) is 0.446. The summed E-state index contributed by atoms with van der Waals surface area (Å²) in [5, 5.41) is 1.29. The fourth-order valence-electron chi connectivity index (χ4n) is 2.97. The Morgan fingerprint density at radius 3 is 2.33 bits per heavy atom. The molecule has 8 nitrogen and oxygen atoms in total. The molecule has 2 aromatic carbocycles. The molecule has 1 aliphatic heterocycles. The Labute approximate surface area is 178 Å². The van der Waals surface area contributed by atoms with Crippen LogP contribution in [0, 0.1) is 0 Å². The van der Waals surface area contributed by atoms with E-state index in [1.165, 1.54) is 19.2 Å². The molecule has 0 saturated carbocycles. The third-order valence-electron chi connectivity index (χ3n) is 4.49. The van der Waals surface area contributed by atoms with Crippen LogP contribution in [0.1, 0.15) is 11.1 Å². The summed E-state index contributed by atoms with van der Waals surface area (Å²) in [7, 11) is -2.79. The highest BCUT2D eigenvalue weighted by Gasteiger charge is 2.32. The van der Waals surface area contributed by atoms with E-state index in [1.807, 2.05) is 6.07 Å². The zero-order chi connectivity index (χ0) is 21.7. The summed E-state index contributed by atoms with van der Waals surface area (Å²) in [5.41, 5.74) is 1.50. The number of carbonyl (C=O) groups excluding carboxylic acids is 3. The molecule has 0 radical (unpaired) electrons. The van der Waals surface area contributed by atoms with Crippen LogP contribution in [0.4, 0.5) is 4.79 Å². The lowest BCUT2D eigenvalue weighted by Gasteiger charge is -2.17. The summed E-state index contributed by atoms with van der Waals surface area (Å²) in [6.45, 7) is 0. The quantitative estimate of drug-likeness (QED) is 0.589. The minimum absolute atomic E-state index is 0.0205. The normalized spacial score (nSPS) is 17.4. The van der Waals surface area contributed by atoms with Crippen molar-refractivity contribution in [1.82, 2.24) is 10.0 Å². The summed E-state index contributed by atoms with van der Waals surface area (Å²) in [5.74, 6) is -1.04. The number of benzene rings is 2. The highest BCUT2D eigenvalue weighted by Crippen LogP contribution is 2.23. The first-order chi connectivity index (χ1) is 14.3. The van der Waals surface area contributed by atoms with Gasteiger partial charge in [0, 0.05) is 0 Å². The molecule has 10 heteroatoms. The number of ether oxygens (including phenoxy) is 1. The number of imide groups is 1. The van der Waals surface area contributed by atoms with Gasteiger partial charge in [-0.3, -0.25) is 19.7 Å². The van der Waals surface area contributed by atoms with Crippen LogP contribution in [0.15, 0.2) is 59.5 Å². The average molecular weight is 449 g/mol. The summed E-state index contributed by atoms with van der Waals surface area (Å²) in [6, 6.07) is 13.9. The molecule has 0 spiro atoms. The van der Waals surface area contributed by atoms with Gasteiger partial charge in [0.05, 0.1) is 17.3 Å². The van der Waals surface area contributed by atoms with E-state index >= 15 is 0 Å². The van der Waals surface area contributed by atoms with E-state index in [0.29, 0.717) is 12.0 Å². The van der Waals surface area contributed by atoms with Gasteiger partial charge in [0.25, 0.3) is 5.24 Å². The molecule has 30 heavy (non-hydrogen) atoms. The van der Waals surface area contributed by atoms with Gasteiger partial charge in [-0.15, -0.1) is 0 Å². The van der Waals surface area contributed by atoms with E-state index in [0.717, 1.165) is 17.3 Å². The Kier molecular flexibility index (Phi) is 6.91. The fraction of sp³-hybridized carbons (Fsp3) is 0.250. The first-order valence-electron chi connectivity index (χ1n) is 9.03. The second-order valence-electron chi connectivity index (χ2n) is 6.62. The van der Waals surface area contributed by atoms with E-state index < -0.39 is 27.3 Å². The van der Waals surface area contributed by atoms with Crippen molar-refractivity contribution in [3.8, 4) is 0 Å². The molecule has 2 atom stereocenters. The first-order valence-corrected chi connectivity index (χ1v) is 11.4. The molecule has 1 fully saturated rings. The van der Waals surface area contributed by atoms with Crippen LogP contribution in [-0.4, -0.2) is 43.9 Å². The zero-order valence-electron chi connectivity index (χ0n) is 16.0. The lowest BCUT2D eigenvalue weighted by atomic mass is 10.1. The van der Waals surface area contributed by atoms with Gasteiger partial charge in [-0.05, 0) is 36.1 Å². The predicted octanol–water partition coefficient (Wildman–Crippen LogP) is 1.64. The Balaban J connectivity index is 1.72. The number of thioether (sulfide) groups is 1. The van der Waals surface area contributed by atoms with Crippen LogP contribution >= 0.6 is 11.8 Å². The molecular weight excluding hydrogens is 428 g/mol. The largest absolute Gasteiger partial charge is 0.468 e. The summed E-state index contributed by atoms with van der Waals surface area (Å²) in [4.78, 5) is 35.0. The minimum atomic E-state index is -3.99. The van der Waals surface area contributed by atoms with E-state index in [9.17, 15) is 22.8 Å². The molecule has 0 aromatic heterocycles. The van der Waals surface area contributed by atoms with Crippen molar-refractivity contribution in [3.63, 3.8) is 0 Å². The third-order valence-corrected chi connectivity index (χ3v) is 6.96. The van der Waals surface area contributed by atoms with E-state index in [-0.39, 0.29) is 22.5 Å². The summed E-state index contributed by atoms with van der Waals surface area (Å²) >= 11 is 0.912. The number of esters is 1. The van der Waals surface area contributed by atoms with Crippen molar-refractivity contribution in [2.45, 2.75) is 29.0 Å². The van der Waals surface area contributed by atoms with Crippen LogP contribution in [-0.2, 0) is 37.2 Å². The van der Waals surface area contributed by atoms with Crippen LogP contribution < -0.4 is 10.0 Å². The summed E-state index contributed by atoms with van der Waals surface area (Å²) < 4.78 is 32.7. The molecule has 158 valence electrons. The molecule has 0 aliphatic carbocycles. The molecule has 1 heterocycles. The van der Waals surface area contributed by atoms with Crippen LogP contribution in [0.2, 0.25) is 0 Å². The molecule has 2 aromatic rings. The number of nitrogens with one attached hydrogen (secondary N) is 2. The van der Waals surface area contributed by atoms with Crippen molar-refractivity contribution in [3.05, 3.63) is 65.7 Å². The fourth-order valence-corrected chi connectivity index (χ4v) is 5.01. The smallest absolute Gasteiger partial charge is 0.324 e. The Morgan fingerprint density at radius 1 is 1.10 bits per heavy atom. The molecule has 0 bridgehead atoms. The monoisotopic (exact) mass is 448 g/mol. The predicted molar refractivity (Wildman–Crippen MR) is 111 cm³/mol. The number of carbonyl (C=O) groups is 3. The second-order valence-corrected chi connectivity index (χ2v) is 9.51. The number of methoxy groups -OCH3 is 1. The maximum Gasteiger partial charge on any atom is 0.324 e. The molecule has 1 aliphatic rings. The Bertz CT molecular complexity index is 1040. The molecule has 1 saturated heterocycles. The van der Waals surface area contributed by atoms with Crippen molar-refractivity contribution < 1.29 is 27.5 Å². The second kappa shape index (κ2) is 9.41. The number of amides is 2. The van der Waals surface area contributed by atoms with Gasteiger partial charge in [-0.25, -0.2) is 8.42 Å². The van der Waals surface area contributed by atoms with Gasteiger partial charge < -0.3 is 4.74 Å². The highest BCUT2D eigenvalue weighted by atomic mass is 32.2. The van der Waals surface area contributed by atoms with Crippen LogP contribution in [0.5, 0.6) is 0 Å². The van der Waals surface area contributed by atoms with Gasteiger partial charge in [-0.2, -0.15) is 4.72 Å². The average Bonchev–Trinajstić information content (AvgIpc) is 3.04. The van der Waals surface area contributed by atoms with Crippen LogP contribution in [0.3, 0.4) is 0 Å². The maximum atomic E-state index is 12.8.